The van der Waals surface area contributed by atoms with Crippen molar-refractivity contribution in [1.82, 2.24) is 10.2 Å². The Labute approximate surface area is 138 Å². The van der Waals surface area contributed by atoms with E-state index < -0.39 is 0 Å². The molecular formula is C18H40N4. The fourth-order valence-corrected chi connectivity index (χ4v) is 3.12. The highest BCUT2D eigenvalue weighted by molar-refractivity contribution is 5.74. The summed E-state index contributed by atoms with van der Waals surface area (Å²) in [5.74, 6) is 1.68. The van der Waals surface area contributed by atoms with Gasteiger partial charge in [-0.05, 0) is 50.5 Å². The van der Waals surface area contributed by atoms with Crippen LogP contribution in [0.5, 0.6) is 0 Å². The third kappa shape index (κ3) is 8.62. The van der Waals surface area contributed by atoms with Crippen LogP contribution >= 0.6 is 0 Å². The number of hydrogen-bond acceptors (Lipinski definition) is 2. The third-order valence-corrected chi connectivity index (χ3v) is 4.54. The summed E-state index contributed by atoms with van der Waals surface area (Å²) in [7, 11) is 0. The molecule has 4 heteroatoms. The van der Waals surface area contributed by atoms with Gasteiger partial charge >= 0.3 is 0 Å². The molecule has 0 saturated carbocycles. The predicted molar refractivity (Wildman–Crippen MR) is 98.3 cm³/mol. The van der Waals surface area contributed by atoms with E-state index in [0.29, 0.717) is 5.92 Å². The molecule has 0 spiro atoms. The Morgan fingerprint density at radius 3 is 2.41 bits per heavy atom. The summed E-state index contributed by atoms with van der Waals surface area (Å²) in [6.07, 6.45) is 7.99. The summed E-state index contributed by atoms with van der Waals surface area (Å²) in [6.45, 7) is 13.9. The van der Waals surface area contributed by atoms with Gasteiger partial charge in [0.05, 0.1) is 0 Å². The number of guanidine groups is 1. The maximum Gasteiger partial charge on any atom is 0.188 e. The van der Waals surface area contributed by atoms with Crippen LogP contribution in [0.15, 0.2) is 0 Å². The third-order valence-electron chi connectivity index (χ3n) is 4.54. The molecule has 4 N–H and O–H groups in total. The largest absolute Gasteiger partial charge is 0.370 e. The van der Waals surface area contributed by atoms with E-state index in [-0.39, 0.29) is 5.96 Å². The van der Waals surface area contributed by atoms with Crippen molar-refractivity contribution >= 4 is 5.96 Å². The van der Waals surface area contributed by atoms with Gasteiger partial charge in [-0.25, -0.2) is 0 Å². The molecule has 2 rings (SSSR count). The molecule has 0 aliphatic carbocycles. The van der Waals surface area contributed by atoms with Crippen LogP contribution in [-0.4, -0.2) is 36.5 Å². The van der Waals surface area contributed by atoms with Crippen LogP contribution in [0.3, 0.4) is 0 Å². The Morgan fingerprint density at radius 1 is 1.27 bits per heavy atom. The molecule has 4 nitrogen and oxygen atoms in total. The molecular weight excluding hydrogens is 272 g/mol. The molecule has 0 aromatic heterocycles. The van der Waals surface area contributed by atoms with Crippen molar-refractivity contribution in [3.05, 3.63) is 0 Å². The summed E-state index contributed by atoms with van der Waals surface area (Å²) in [4.78, 5) is 1.98. The lowest BCUT2D eigenvalue weighted by molar-refractivity contribution is 0.209. The molecule has 0 aromatic rings. The van der Waals surface area contributed by atoms with Gasteiger partial charge in [0.15, 0.2) is 5.96 Å². The van der Waals surface area contributed by atoms with E-state index in [9.17, 15) is 0 Å². The first kappa shape index (κ1) is 21.2. The van der Waals surface area contributed by atoms with E-state index in [1.54, 1.807) is 0 Å². The van der Waals surface area contributed by atoms with Crippen molar-refractivity contribution in [3.8, 4) is 0 Å². The first-order chi connectivity index (χ1) is 10.5. The maximum atomic E-state index is 7.32. The van der Waals surface area contributed by atoms with Gasteiger partial charge in [-0.2, -0.15) is 0 Å². The Hall–Kier alpha value is -0.770. The normalized spacial score (nSPS) is 24.2. The zero-order valence-electron chi connectivity index (χ0n) is 15.6. The monoisotopic (exact) mass is 312 g/mol. The van der Waals surface area contributed by atoms with Crippen molar-refractivity contribution in [2.45, 2.75) is 79.2 Å². The molecule has 2 atom stereocenters. The first-order valence-corrected chi connectivity index (χ1v) is 9.37. The number of nitrogens with one attached hydrogen (secondary N) is 2. The number of nitrogens with zero attached hydrogens (tertiary/aromatic N) is 1. The predicted octanol–water partition coefficient (Wildman–Crippen LogP) is 3.81. The molecule has 2 fully saturated rings. The second-order valence-electron chi connectivity index (χ2n) is 6.56. The fourth-order valence-electron chi connectivity index (χ4n) is 3.12. The Balaban J connectivity index is 0.000000382. The maximum absolute atomic E-state index is 7.32. The van der Waals surface area contributed by atoms with Gasteiger partial charge < -0.3 is 16.0 Å². The summed E-state index contributed by atoms with van der Waals surface area (Å²) in [5, 5.41) is 10.8. The first-order valence-electron chi connectivity index (χ1n) is 9.37. The van der Waals surface area contributed by atoms with E-state index in [2.05, 4.69) is 26.1 Å². The highest BCUT2D eigenvalue weighted by Gasteiger charge is 2.22. The van der Waals surface area contributed by atoms with Crippen LogP contribution in [0, 0.1) is 17.2 Å². The minimum absolute atomic E-state index is 0.236. The van der Waals surface area contributed by atoms with Gasteiger partial charge in [-0.3, -0.25) is 5.41 Å². The number of likely N-dealkylation sites (tertiary alicyclic amines) is 1. The van der Waals surface area contributed by atoms with Gasteiger partial charge in [0.25, 0.3) is 0 Å². The number of nitrogens with two attached hydrogens (primary N) is 1. The van der Waals surface area contributed by atoms with E-state index in [1.807, 2.05) is 18.7 Å². The highest BCUT2D eigenvalue weighted by Crippen LogP contribution is 2.22. The molecule has 2 saturated heterocycles. The minimum atomic E-state index is 0.236. The standard InChI is InChI=1S/C9H19N3.C7H15N.C2H6/c1-7(2)8-4-3-5-12(6-8)9(10)11;1-2-4-7-5-3-6-8-7;1-2/h7-8H,3-6H2,1-2H3,(H3,10,11);7-8H,2-6H2,1H3;1-2H3. The minimum Gasteiger partial charge on any atom is -0.370 e. The molecule has 0 radical (unpaired) electrons. The Morgan fingerprint density at radius 2 is 1.95 bits per heavy atom. The van der Waals surface area contributed by atoms with Gasteiger partial charge in [0.2, 0.25) is 0 Å². The van der Waals surface area contributed by atoms with Crippen LogP contribution in [0.25, 0.3) is 0 Å². The van der Waals surface area contributed by atoms with Gasteiger partial charge in [-0.15, -0.1) is 0 Å². The van der Waals surface area contributed by atoms with Crippen molar-refractivity contribution in [2.75, 3.05) is 19.6 Å². The van der Waals surface area contributed by atoms with Crippen molar-refractivity contribution < 1.29 is 0 Å². The lowest BCUT2D eigenvalue weighted by Crippen LogP contribution is -2.44. The summed E-state index contributed by atoms with van der Waals surface area (Å²) in [5.41, 5.74) is 5.44. The van der Waals surface area contributed by atoms with Crippen LogP contribution in [-0.2, 0) is 0 Å². The lowest BCUT2D eigenvalue weighted by Gasteiger charge is -2.34. The van der Waals surface area contributed by atoms with Crippen LogP contribution in [0.2, 0.25) is 0 Å². The average molecular weight is 313 g/mol. The van der Waals surface area contributed by atoms with Gasteiger partial charge in [-0.1, -0.05) is 41.0 Å². The zero-order chi connectivity index (χ0) is 17.0. The molecule has 0 aromatic carbocycles. The van der Waals surface area contributed by atoms with Crippen LogP contribution in [0.4, 0.5) is 0 Å². The number of piperidine rings is 1. The molecule has 0 amide bonds. The second-order valence-corrected chi connectivity index (χ2v) is 6.56. The smallest absolute Gasteiger partial charge is 0.188 e. The van der Waals surface area contributed by atoms with E-state index in [4.69, 9.17) is 11.1 Å². The Bertz CT molecular complexity index is 272. The fraction of sp³-hybridized carbons (Fsp3) is 0.944. The van der Waals surface area contributed by atoms with Crippen LogP contribution in [0.1, 0.15) is 73.1 Å². The average Bonchev–Trinajstić information content (AvgIpc) is 3.03. The Kier molecular flexibility index (Phi) is 12.3. The quantitative estimate of drug-likeness (QED) is 0.548. The van der Waals surface area contributed by atoms with E-state index >= 15 is 0 Å². The summed E-state index contributed by atoms with van der Waals surface area (Å²) >= 11 is 0. The highest BCUT2D eigenvalue weighted by atomic mass is 15.2. The number of rotatable bonds is 3. The second kappa shape index (κ2) is 12.7. The molecule has 132 valence electrons. The van der Waals surface area contributed by atoms with Crippen molar-refractivity contribution in [3.63, 3.8) is 0 Å². The molecule has 2 unspecified atom stereocenters. The topological polar surface area (TPSA) is 65.1 Å². The summed E-state index contributed by atoms with van der Waals surface area (Å²) < 4.78 is 0. The lowest BCUT2D eigenvalue weighted by atomic mass is 9.88. The van der Waals surface area contributed by atoms with E-state index in [0.717, 1.165) is 25.0 Å². The molecule has 2 aliphatic heterocycles. The van der Waals surface area contributed by atoms with Gasteiger partial charge in [0, 0.05) is 19.1 Å². The molecule has 2 aliphatic rings. The van der Waals surface area contributed by atoms with Crippen molar-refractivity contribution in [2.24, 2.45) is 17.6 Å². The van der Waals surface area contributed by atoms with Crippen molar-refractivity contribution in [1.29, 1.82) is 5.41 Å². The summed E-state index contributed by atoms with van der Waals surface area (Å²) in [6, 6.07) is 0.861. The van der Waals surface area contributed by atoms with Gasteiger partial charge in [0.1, 0.15) is 0 Å². The molecule has 0 bridgehead atoms. The molecule has 22 heavy (non-hydrogen) atoms. The zero-order valence-corrected chi connectivity index (χ0v) is 15.6. The van der Waals surface area contributed by atoms with E-state index in [1.165, 1.54) is 45.1 Å². The number of hydrogen-bond donors (Lipinski definition) is 3. The van der Waals surface area contributed by atoms with Crippen LogP contribution < -0.4 is 11.1 Å². The molecule has 2 heterocycles. The SMILES string of the molecule is CC.CC(C)C1CCCN(C(=N)N)C1.CCCC1CCCN1.